The van der Waals surface area contributed by atoms with Crippen molar-refractivity contribution in [3.05, 3.63) is 35.9 Å². The van der Waals surface area contributed by atoms with Gasteiger partial charge in [0.25, 0.3) is 0 Å². The molecule has 1 aromatic rings. The molecule has 0 bridgehead atoms. The molecule has 8 heteroatoms. The number of nitrogens with zero attached hydrogens (tertiary/aromatic N) is 1. The largest absolute Gasteiger partial charge is 0.411 e. The molecule has 0 radical (unpaired) electrons. The lowest BCUT2D eigenvalue weighted by atomic mass is 9.64. The van der Waals surface area contributed by atoms with E-state index in [0.29, 0.717) is 18.9 Å². The summed E-state index contributed by atoms with van der Waals surface area (Å²) in [4.78, 5) is 4.17. The van der Waals surface area contributed by atoms with E-state index in [9.17, 15) is 13.2 Å². The fourth-order valence-corrected chi connectivity index (χ4v) is 3.01. The van der Waals surface area contributed by atoms with Crippen LogP contribution in [0.5, 0.6) is 0 Å². The molecule has 1 aliphatic carbocycles. The molecule has 0 unspecified atom stereocenters. The van der Waals surface area contributed by atoms with Crippen molar-refractivity contribution < 1.29 is 17.9 Å². The molecule has 0 amide bonds. The van der Waals surface area contributed by atoms with Crippen LogP contribution in [0.2, 0.25) is 0 Å². The minimum Gasteiger partial charge on any atom is -0.372 e. The van der Waals surface area contributed by atoms with E-state index < -0.39 is 12.8 Å². The average Bonchev–Trinajstić information content (AvgIpc) is 2.55. The summed E-state index contributed by atoms with van der Waals surface area (Å²) >= 11 is 0. The van der Waals surface area contributed by atoms with Gasteiger partial charge in [-0.05, 0) is 24.8 Å². The van der Waals surface area contributed by atoms with E-state index in [0.717, 1.165) is 19.4 Å². The van der Waals surface area contributed by atoms with Crippen molar-refractivity contribution >= 4 is 29.9 Å². The van der Waals surface area contributed by atoms with Crippen molar-refractivity contribution in [1.82, 2.24) is 10.6 Å². The lowest BCUT2D eigenvalue weighted by molar-refractivity contribution is -0.173. The predicted molar refractivity (Wildman–Crippen MR) is 108 cm³/mol. The Kier molecular flexibility index (Phi) is 9.70. The number of guanidine groups is 1. The number of benzene rings is 1. The highest BCUT2D eigenvalue weighted by Crippen LogP contribution is 2.43. The third kappa shape index (κ3) is 7.30. The zero-order valence-corrected chi connectivity index (χ0v) is 17.3. The Morgan fingerprint density at radius 1 is 1.19 bits per heavy atom. The minimum atomic E-state index is -4.26. The van der Waals surface area contributed by atoms with Crippen molar-refractivity contribution in [3.63, 3.8) is 0 Å². The maximum Gasteiger partial charge on any atom is 0.411 e. The molecular weight excluding hydrogens is 458 g/mol. The van der Waals surface area contributed by atoms with E-state index in [1.54, 1.807) is 7.05 Å². The maximum atomic E-state index is 12.0. The second-order valence-electron chi connectivity index (χ2n) is 6.37. The molecule has 0 aliphatic heterocycles. The summed E-state index contributed by atoms with van der Waals surface area (Å²) in [5.74, 6) is 0.665. The van der Waals surface area contributed by atoms with Crippen molar-refractivity contribution in [2.75, 3.05) is 33.4 Å². The lowest BCUT2D eigenvalue weighted by Gasteiger charge is -2.43. The molecule has 0 atom stereocenters. The smallest absolute Gasteiger partial charge is 0.372 e. The van der Waals surface area contributed by atoms with Gasteiger partial charge in [0.2, 0.25) is 0 Å². The molecule has 1 aromatic carbocycles. The van der Waals surface area contributed by atoms with Crippen molar-refractivity contribution in [3.8, 4) is 0 Å². The number of hydrogen-bond donors (Lipinski definition) is 2. The molecule has 26 heavy (non-hydrogen) atoms. The van der Waals surface area contributed by atoms with Gasteiger partial charge in [-0.3, -0.25) is 4.99 Å². The van der Waals surface area contributed by atoms with Crippen LogP contribution in [0.1, 0.15) is 31.2 Å². The summed E-state index contributed by atoms with van der Waals surface area (Å²) in [6, 6.07) is 10.5. The van der Waals surface area contributed by atoms with Crippen LogP contribution in [0.25, 0.3) is 0 Å². The minimum absolute atomic E-state index is 0. The van der Waals surface area contributed by atoms with Gasteiger partial charge in [0.05, 0.1) is 0 Å². The average molecular weight is 485 g/mol. The molecule has 2 N–H and O–H groups in total. The quantitative estimate of drug-likeness (QED) is 0.255. The molecule has 0 saturated heterocycles. The van der Waals surface area contributed by atoms with Crippen molar-refractivity contribution in [2.24, 2.45) is 4.99 Å². The van der Waals surface area contributed by atoms with Crippen molar-refractivity contribution in [2.45, 2.75) is 37.3 Å². The second kappa shape index (κ2) is 11.0. The van der Waals surface area contributed by atoms with Crippen LogP contribution in [0.3, 0.4) is 0 Å². The number of rotatable bonds is 8. The number of ether oxygens (including phenoxy) is 1. The van der Waals surface area contributed by atoms with Gasteiger partial charge in [0, 0.05) is 32.2 Å². The number of hydrogen-bond acceptors (Lipinski definition) is 2. The Morgan fingerprint density at radius 2 is 1.88 bits per heavy atom. The Bertz CT molecular complexity index is 548. The molecule has 148 valence electrons. The molecule has 2 rings (SSSR count). The highest BCUT2D eigenvalue weighted by Gasteiger charge is 2.38. The first-order valence-electron chi connectivity index (χ1n) is 8.60. The summed E-state index contributed by atoms with van der Waals surface area (Å²) < 4.78 is 40.5. The molecular formula is C18H27F3IN3O. The Hall–Kier alpha value is -1.03. The van der Waals surface area contributed by atoms with Crippen LogP contribution in [-0.4, -0.2) is 45.5 Å². The van der Waals surface area contributed by atoms with Gasteiger partial charge in [-0.2, -0.15) is 13.2 Å². The first-order chi connectivity index (χ1) is 12.0. The second-order valence-corrected chi connectivity index (χ2v) is 6.37. The zero-order valence-electron chi connectivity index (χ0n) is 14.9. The summed E-state index contributed by atoms with van der Waals surface area (Å²) in [5, 5.41) is 6.46. The monoisotopic (exact) mass is 485 g/mol. The SMILES string of the molecule is CN=C(NCCCOCC(F)(F)F)NCC1(c2ccccc2)CCC1.I. The third-order valence-corrected chi connectivity index (χ3v) is 4.54. The Morgan fingerprint density at radius 3 is 2.42 bits per heavy atom. The van der Waals surface area contributed by atoms with Crippen LogP contribution in [-0.2, 0) is 10.2 Å². The third-order valence-electron chi connectivity index (χ3n) is 4.54. The van der Waals surface area contributed by atoms with Gasteiger partial charge in [-0.15, -0.1) is 24.0 Å². The highest BCUT2D eigenvalue weighted by atomic mass is 127. The molecule has 1 fully saturated rings. The van der Waals surface area contributed by atoms with E-state index in [-0.39, 0.29) is 36.0 Å². The number of alkyl halides is 3. The van der Waals surface area contributed by atoms with Crippen LogP contribution in [0.4, 0.5) is 13.2 Å². The summed E-state index contributed by atoms with van der Waals surface area (Å²) in [5.41, 5.74) is 1.49. The van der Waals surface area contributed by atoms with Crippen LogP contribution < -0.4 is 10.6 Å². The molecule has 4 nitrogen and oxygen atoms in total. The number of halogens is 4. The number of aliphatic imine (C=N–C) groups is 1. The molecule has 0 aromatic heterocycles. The van der Waals surface area contributed by atoms with Gasteiger partial charge in [-0.1, -0.05) is 36.8 Å². The maximum absolute atomic E-state index is 12.0. The standard InChI is InChI=1S/C18H26F3N3O.HI/c1-22-16(23-11-6-12-25-14-18(19,20)21)24-13-17(9-5-10-17)15-7-3-2-4-8-15;/h2-4,7-8H,5-6,9-14H2,1H3,(H2,22,23,24);1H. The van der Waals surface area contributed by atoms with Gasteiger partial charge >= 0.3 is 6.18 Å². The van der Waals surface area contributed by atoms with Crippen LogP contribution in [0.15, 0.2) is 35.3 Å². The van der Waals surface area contributed by atoms with Gasteiger partial charge in [0.15, 0.2) is 5.96 Å². The molecule has 0 spiro atoms. The van der Waals surface area contributed by atoms with E-state index in [1.165, 1.54) is 12.0 Å². The normalized spacial score (nSPS) is 16.4. The zero-order chi connectivity index (χ0) is 18.2. The molecule has 1 aliphatic rings. The van der Waals surface area contributed by atoms with Gasteiger partial charge in [-0.25, -0.2) is 0 Å². The predicted octanol–water partition coefficient (Wildman–Crippen LogP) is 3.86. The highest BCUT2D eigenvalue weighted by molar-refractivity contribution is 14.0. The molecule has 0 heterocycles. The Labute approximate surface area is 170 Å². The van der Waals surface area contributed by atoms with Gasteiger partial charge < -0.3 is 15.4 Å². The topological polar surface area (TPSA) is 45.7 Å². The summed E-state index contributed by atoms with van der Waals surface area (Å²) in [6.45, 7) is 0.175. The first-order valence-corrected chi connectivity index (χ1v) is 8.60. The van der Waals surface area contributed by atoms with E-state index in [4.69, 9.17) is 0 Å². The van der Waals surface area contributed by atoms with E-state index >= 15 is 0 Å². The first kappa shape index (κ1) is 23.0. The summed E-state index contributed by atoms with van der Waals surface area (Å²) in [6.07, 6.45) is -0.266. The van der Waals surface area contributed by atoms with Gasteiger partial charge in [0.1, 0.15) is 6.61 Å². The van der Waals surface area contributed by atoms with Crippen LogP contribution in [0, 0.1) is 0 Å². The summed E-state index contributed by atoms with van der Waals surface area (Å²) in [7, 11) is 1.69. The molecule has 1 saturated carbocycles. The van der Waals surface area contributed by atoms with E-state index in [2.05, 4.69) is 44.6 Å². The van der Waals surface area contributed by atoms with E-state index in [1.807, 2.05) is 6.07 Å². The number of nitrogens with one attached hydrogen (secondary N) is 2. The lowest BCUT2D eigenvalue weighted by Crippen LogP contribution is -2.49. The fraction of sp³-hybridized carbons (Fsp3) is 0.611. The van der Waals surface area contributed by atoms with Crippen molar-refractivity contribution in [1.29, 1.82) is 0 Å². The Balaban J connectivity index is 0.00000338. The fourth-order valence-electron chi connectivity index (χ4n) is 3.01. The van der Waals surface area contributed by atoms with Crippen LogP contribution >= 0.6 is 24.0 Å².